The fourth-order valence-corrected chi connectivity index (χ4v) is 5.42. The summed E-state index contributed by atoms with van der Waals surface area (Å²) in [7, 11) is 0. The molecule has 0 aliphatic carbocycles. The van der Waals surface area contributed by atoms with Crippen LogP contribution in [0.15, 0.2) is 51.8 Å². The van der Waals surface area contributed by atoms with Gasteiger partial charge in [-0.2, -0.15) is 0 Å². The van der Waals surface area contributed by atoms with E-state index in [1.807, 2.05) is 51.3 Å². The van der Waals surface area contributed by atoms with Gasteiger partial charge < -0.3 is 5.32 Å². The Morgan fingerprint density at radius 2 is 2.10 bits per heavy atom. The number of aromatic nitrogens is 2. The van der Waals surface area contributed by atoms with Crippen molar-refractivity contribution in [2.75, 3.05) is 11.6 Å². The van der Waals surface area contributed by atoms with Crippen molar-refractivity contribution in [3.8, 4) is 0 Å². The summed E-state index contributed by atoms with van der Waals surface area (Å²) in [6.07, 6.45) is 3.65. The molecular formula is C21H23N3O2S3. The molecule has 0 aliphatic heterocycles. The van der Waals surface area contributed by atoms with Gasteiger partial charge in [-0.15, -0.1) is 29.7 Å². The van der Waals surface area contributed by atoms with E-state index < -0.39 is 5.25 Å². The summed E-state index contributed by atoms with van der Waals surface area (Å²) in [6.45, 7) is 9.87. The van der Waals surface area contributed by atoms with Gasteiger partial charge in [0.2, 0.25) is 5.91 Å². The topological polar surface area (TPSA) is 64.0 Å². The molecule has 0 aliphatic rings. The van der Waals surface area contributed by atoms with E-state index in [2.05, 4.69) is 11.9 Å². The minimum atomic E-state index is -0.424. The molecule has 1 amide bonds. The lowest BCUT2D eigenvalue weighted by Crippen LogP contribution is -2.26. The van der Waals surface area contributed by atoms with Crippen LogP contribution in [0.5, 0.6) is 0 Å². The minimum absolute atomic E-state index is 0.0837. The van der Waals surface area contributed by atoms with Gasteiger partial charge in [-0.25, -0.2) is 4.98 Å². The Balaban J connectivity index is 1.92. The van der Waals surface area contributed by atoms with Crippen molar-refractivity contribution in [2.24, 2.45) is 0 Å². The quantitative estimate of drug-likeness (QED) is 0.311. The summed E-state index contributed by atoms with van der Waals surface area (Å²) in [6, 6.07) is 7.69. The fourth-order valence-electron chi connectivity index (χ4n) is 2.88. The first-order valence-corrected chi connectivity index (χ1v) is 12.0. The number of anilines is 1. The number of amides is 1. The third kappa shape index (κ3) is 4.44. The average Bonchev–Trinajstić information content (AvgIpc) is 2.99. The van der Waals surface area contributed by atoms with Crippen molar-refractivity contribution >= 4 is 56.7 Å². The van der Waals surface area contributed by atoms with Gasteiger partial charge >= 0.3 is 0 Å². The maximum atomic E-state index is 13.1. The zero-order valence-electron chi connectivity index (χ0n) is 16.8. The highest BCUT2D eigenvalue weighted by molar-refractivity contribution is 8.00. The number of rotatable bonds is 7. The molecule has 0 spiro atoms. The van der Waals surface area contributed by atoms with E-state index in [0.29, 0.717) is 21.9 Å². The smallest absolute Gasteiger partial charge is 0.263 e. The van der Waals surface area contributed by atoms with Crippen LogP contribution in [-0.4, -0.2) is 27.0 Å². The summed E-state index contributed by atoms with van der Waals surface area (Å²) in [4.78, 5) is 33.4. The monoisotopic (exact) mass is 445 g/mol. The van der Waals surface area contributed by atoms with Crippen LogP contribution in [0.3, 0.4) is 0 Å². The van der Waals surface area contributed by atoms with Crippen LogP contribution in [-0.2, 0) is 11.3 Å². The summed E-state index contributed by atoms with van der Waals surface area (Å²) >= 11 is 4.38. The molecule has 0 bridgehead atoms. The second kappa shape index (κ2) is 9.19. The predicted octanol–water partition coefficient (Wildman–Crippen LogP) is 5.10. The van der Waals surface area contributed by atoms with E-state index in [9.17, 15) is 9.59 Å². The van der Waals surface area contributed by atoms with Gasteiger partial charge in [-0.3, -0.25) is 14.2 Å². The molecule has 1 atom stereocenters. The number of aryl methyl sites for hydroxylation is 2. The van der Waals surface area contributed by atoms with Crippen molar-refractivity contribution in [1.82, 2.24) is 9.55 Å². The van der Waals surface area contributed by atoms with Crippen LogP contribution < -0.4 is 10.9 Å². The number of nitrogens with zero attached hydrogens (tertiary/aromatic N) is 2. The van der Waals surface area contributed by atoms with Crippen LogP contribution >= 0.6 is 34.9 Å². The maximum absolute atomic E-state index is 13.1. The van der Waals surface area contributed by atoms with E-state index in [4.69, 9.17) is 4.98 Å². The Morgan fingerprint density at radius 1 is 1.38 bits per heavy atom. The van der Waals surface area contributed by atoms with Gasteiger partial charge in [-0.1, -0.05) is 30.0 Å². The van der Waals surface area contributed by atoms with Crippen LogP contribution in [0.25, 0.3) is 10.2 Å². The minimum Gasteiger partial charge on any atom is -0.324 e. The number of nitrogens with one attached hydrogen (secondary N) is 1. The van der Waals surface area contributed by atoms with E-state index in [0.717, 1.165) is 21.0 Å². The van der Waals surface area contributed by atoms with Gasteiger partial charge in [0.05, 0.1) is 16.3 Å². The molecule has 0 saturated carbocycles. The second-order valence-corrected chi connectivity index (χ2v) is 9.87. The maximum Gasteiger partial charge on any atom is 0.263 e. The third-order valence-electron chi connectivity index (χ3n) is 4.58. The van der Waals surface area contributed by atoms with Crippen molar-refractivity contribution in [3.05, 3.63) is 57.7 Å². The molecule has 3 rings (SSSR count). The summed E-state index contributed by atoms with van der Waals surface area (Å²) in [5.74, 6) is -0.130. The number of allylic oxidation sites excluding steroid dienone is 1. The molecule has 0 fully saturated rings. The first kappa shape index (κ1) is 21.7. The van der Waals surface area contributed by atoms with Gasteiger partial charge in [0.1, 0.15) is 4.83 Å². The van der Waals surface area contributed by atoms with E-state index in [-0.39, 0.29) is 11.5 Å². The molecule has 152 valence electrons. The van der Waals surface area contributed by atoms with Crippen LogP contribution in [0, 0.1) is 13.8 Å². The summed E-state index contributed by atoms with van der Waals surface area (Å²) < 4.78 is 1.60. The van der Waals surface area contributed by atoms with Crippen molar-refractivity contribution in [2.45, 2.75) is 42.6 Å². The molecular weight excluding hydrogens is 422 g/mol. The number of benzene rings is 1. The molecule has 29 heavy (non-hydrogen) atoms. The third-order valence-corrected chi connectivity index (χ3v) is 7.57. The lowest BCUT2D eigenvalue weighted by molar-refractivity contribution is -0.115. The molecule has 0 radical (unpaired) electrons. The predicted molar refractivity (Wildman–Crippen MR) is 126 cm³/mol. The molecule has 1 N–H and O–H groups in total. The zero-order chi connectivity index (χ0) is 21.1. The standard InChI is InChI=1S/C21H23N3O2S3/c1-6-11-24-20(26)17-12(2)13(3)28-19(17)23-21(24)29-14(4)18(25)22-15-9-7-8-10-16(15)27-5/h6-10,14H,1,11H2,2-5H3,(H,22,25). The molecule has 1 unspecified atom stereocenters. The number of carbonyl (C=O) groups excluding carboxylic acids is 1. The number of hydrogen-bond acceptors (Lipinski definition) is 6. The number of carbonyl (C=O) groups is 1. The Kier molecular flexibility index (Phi) is 6.87. The average molecular weight is 446 g/mol. The Morgan fingerprint density at radius 3 is 2.79 bits per heavy atom. The SMILES string of the molecule is C=CCn1c(SC(C)C(=O)Nc2ccccc2SC)nc2sc(C)c(C)c2c1=O. The van der Waals surface area contributed by atoms with Crippen molar-refractivity contribution < 1.29 is 4.79 Å². The first-order chi connectivity index (χ1) is 13.9. The first-order valence-electron chi connectivity index (χ1n) is 9.09. The number of para-hydroxylation sites is 1. The lowest BCUT2D eigenvalue weighted by Gasteiger charge is -2.16. The van der Waals surface area contributed by atoms with Gasteiger partial charge in [0, 0.05) is 16.3 Å². The number of fused-ring (bicyclic) bond motifs is 1. The van der Waals surface area contributed by atoms with E-state index in [1.54, 1.807) is 22.4 Å². The highest BCUT2D eigenvalue weighted by atomic mass is 32.2. The molecule has 5 nitrogen and oxygen atoms in total. The van der Waals surface area contributed by atoms with Gasteiger partial charge in [0.25, 0.3) is 5.56 Å². The van der Waals surface area contributed by atoms with Crippen molar-refractivity contribution in [1.29, 1.82) is 0 Å². The van der Waals surface area contributed by atoms with E-state index >= 15 is 0 Å². The number of hydrogen-bond donors (Lipinski definition) is 1. The molecule has 1 aromatic carbocycles. The molecule has 2 aromatic heterocycles. The largest absolute Gasteiger partial charge is 0.324 e. The summed E-state index contributed by atoms with van der Waals surface area (Å²) in [5.41, 5.74) is 1.67. The Labute approximate surface area is 182 Å². The normalized spacial score (nSPS) is 12.1. The van der Waals surface area contributed by atoms with Crippen LogP contribution in [0.1, 0.15) is 17.4 Å². The zero-order valence-corrected chi connectivity index (χ0v) is 19.3. The molecule has 2 heterocycles. The van der Waals surface area contributed by atoms with Crippen molar-refractivity contribution in [3.63, 3.8) is 0 Å². The Hall–Kier alpha value is -2.03. The molecule has 3 aromatic rings. The fraction of sp³-hybridized carbons (Fsp3) is 0.286. The van der Waals surface area contributed by atoms with Gasteiger partial charge in [-0.05, 0) is 44.7 Å². The highest BCUT2D eigenvalue weighted by Gasteiger charge is 2.21. The van der Waals surface area contributed by atoms with Crippen LogP contribution in [0.2, 0.25) is 0 Å². The number of thiophene rings is 1. The Bertz CT molecular complexity index is 1130. The highest BCUT2D eigenvalue weighted by Crippen LogP contribution is 2.30. The van der Waals surface area contributed by atoms with Gasteiger partial charge in [0.15, 0.2) is 5.16 Å². The lowest BCUT2D eigenvalue weighted by atomic mass is 10.2. The second-order valence-electron chi connectivity index (χ2n) is 6.51. The summed E-state index contributed by atoms with van der Waals surface area (Å²) in [5, 5.41) is 3.75. The number of thioether (sulfide) groups is 2. The molecule has 8 heteroatoms. The van der Waals surface area contributed by atoms with Crippen LogP contribution in [0.4, 0.5) is 5.69 Å². The van der Waals surface area contributed by atoms with E-state index in [1.165, 1.54) is 23.1 Å². The molecule has 0 saturated heterocycles.